The molecule has 5 heteroatoms. The summed E-state index contributed by atoms with van der Waals surface area (Å²) in [7, 11) is -3.46. The first-order chi connectivity index (χ1) is 11.9. The van der Waals surface area contributed by atoms with Crippen LogP contribution >= 0.6 is 0 Å². The molecule has 2 fully saturated rings. The van der Waals surface area contributed by atoms with Crippen molar-refractivity contribution >= 4 is 15.8 Å². The fourth-order valence-electron chi connectivity index (χ4n) is 4.31. The summed E-state index contributed by atoms with van der Waals surface area (Å²) < 4.78 is 27.4. The van der Waals surface area contributed by atoms with Crippen LogP contribution in [-0.2, 0) is 14.8 Å². The first-order valence-corrected chi connectivity index (χ1v) is 10.9. The van der Waals surface area contributed by atoms with Gasteiger partial charge in [0.1, 0.15) is 5.78 Å². The Kier molecular flexibility index (Phi) is 5.64. The second-order valence-electron chi connectivity index (χ2n) is 7.77. The van der Waals surface area contributed by atoms with Crippen LogP contribution in [0.1, 0.15) is 56.1 Å². The van der Waals surface area contributed by atoms with E-state index in [-0.39, 0.29) is 5.92 Å². The molecule has 3 rings (SSSR count). The fourth-order valence-corrected chi connectivity index (χ4v) is 5.99. The predicted molar refractivity (Wildman–Crippen MR) is 99.0 cm³/mol. The quantitative estimate of drug-likeness (QED) is 0.798. The molecule has 0 aromatic heterocycles. The van der Waals surface area contributed by atoms with Crippen LogP contribution in [-0.4, -0.2) is 31.6 Å². The molecule has 1 saturated heterocycles. The number of rotatable bonds is 5. The predicted octanol–water partition coefficient (Wildman–Crippen LogP) is 3.85. The van der Waals surface area contributed by atoms with Gasteiger partial charge >= 0.3 is 0 Å². The summed E-state index contributed by atoms with van der Waals surface area (Å²) in [5.41, 5.74) is 1.85. The lowest BCUT2D eigenvalue weighted by Crippen LogP contribution is -2.40. The fraction of sp³-hybridized carbons (Fsp3) is 0.650. The van der Waals surface area contributed by atoms with Gasteiger partial charge in [-0.15, -0.1) is 0 Å². The minimum atomic E-state index is -3.46. The summed E-state index contributed by atoms with van der Waals surface area (Å²) in [4.78, 5) is 12.9. The van der Waals surface area contributed by atoms with Crippen molar-refractivity contribution in [1.82, 2.24) is 4.31 Å². The Morgan fingerprint density at radius 2 is 1.72 bits per heavy atom. The third-order valence-electron chi connectivity index (χ3n) is 5.82. The van der Waals surface area contributed by atoms with E-state index in [1.165, 1.54) is 25.7 Å². The summed E-state index contributed by atoms with van der Waals surface area (Å²) >= 11 is 0. The number of piperidine rings is 1. The van der Waals surface area contributed by atoms with Gasteiger partial charge in [0.2, 0.25) is 10.0 Å². The van der Waals surface area contributed by atoms with Crippen LogP contribution in [0.15, 0.2) is 23.1 Å². The van der Waals surface area contributed by atoms with Gasteiger partial charge in [-0.1, -0.05) is 43.4 Å². The minimum Gasteiger partial charge on any atom is -0.299 e. The van der Waals surface area contributed by atoms with E-state index in [0.29, 0.717) is 48.9 Å². The topological polar surface area (TPSA) is 54.5 Å². The van der Waals surface area contributed by atoms with E-state index in [1.54, 1.807) is 10.4 Å². The van der Waals surface area contributed by atoms with Crippen LogP contribution in [0.25, 0.3) is 0 Å². The van der Waals surface area contributed by atoms with E-state index in [0.717, 1.165) is 11.1 Å². The second kappa shape index (κ2) is 7.58. The van der Waals surface area contributed by atoms with E-state index < -0.39 is 10.0 Å². The van der Waals surface area contributed by atoms with Gasteiger partial charge < -0.3 is 0 Å². The van der Waals surface area contributed by atoms with Gasteiger partial charge in [-0.3, -0.25) is 4.79 Å². The molecular weight excluding hydrogens is 334 g/mol. The number of Topliss-reactive ketones (excluding diaryl/α,β-unsaturated/α-hetero) is 1. The Hall–Kier alpha value is -1.20. The second-order valence-corrected chi connectivity index (χ2v) is 9.67. The molecule has 1 aliphatic heterocycles. The average Bonchev–Trinajstić information content (AvgIpc) is 3.07. The van der Waals surface area contributed by atoms with Crippen molar-refractivity contribution in [1.29, 1.82) is 0 Å². The highest BCUT2D eigenvalue weighted by Gasteiger charge is 2.33. The van der Waals surface area contributed by atoms with Crippen molar-refractivity contribution in [2.75, 3.05) is 13.1 Å². The van der Waals surface area contributed by atoms with Gasteiger partial charge in [0.15, 0.2) is 0 Å². The normalized spacial score (nSPS) is 20.9. The first-order valence-electron chi connectivity index (χ1n) is 9.48. The molecular formula is C20H29NO3S. The Morgan fingerprint density at radius 3 is 2.32 bits per heavy atom. The van der Waals surface area contributed by atoms with E-state index in [9.17, 15) is 13.2 Å². The van der Waals surface area contributed by atoms with Crippen molar-refractivity contribution in [3.8, 4) is 0 Å². The Balaban J connectivity index is 1.62. The average molecular weight is 364 g/mol. The maximum Gasteiger partial charge on any atom is 0.243 e. The van der Waals surface area contributed by atoms with Gasteiger partial charge in [0, 0.05) is 25.4 Å². The van der Waals surface area contributed by atoms with Gasteiger partial charge in [-0.2, -0.15) is 4.31 Å². The maximum absolute atomic E-state index is 12.9. The van der Waals surface area contributed by atoms with Crippen molar-refractivity contribution in [3.05, 3.63) is 29.3 Å². The highest BCUT2D eigenvalue weighted by Crippen LogP contribution is 2.31. The van der Waals surface area contributed by atoms with E-state index in [4.69, 9.17) is 0 Å². The van der Waals surface area contributed by atoms with E-state index >= 15 is 0 Å². The summed E-state index contributed by atoms with van der Waals surface area (Å²) in [5.74, 6) is 0.978. The zero-order chi connectivity index (χ0) is 18.0. The Labute approximate surface area is 151 Å². The molecule has 0 bridgehead atoms. The number of ketones is 1. The first kappa shape index (κ1) is 18.6. The highest BCUT2D eigenvalue weighted by atomic mass is 32.2. The molecule has 138 valence electrons. The molecule has 2 aliphatic rings. The van der Waals surface area contributed by atoms with Crippen LogP contribution < -0.4 is 0 Å². The van der Waals surface area contributed by atoms with Crippen molar-refractivity contribution in [3.63, 3.8) is 0 Å². The molecule has 4 nitrogen and oxygen atoms in total. The monoisotopic (exact) mass is 363 g/mol. The number of hydrogen-bond donors (Lipinski definition) is 0. The van der Waals surface area contributed by atoms with Gasteiger partial charge in [-0.05, 0) is 44.2 Å². The largest absolute Gasteiger partial charge is 0.299 e. The van der Waals surface area contributed by atoms with Crippen molar-refractivity contribution < 1.29 is 13.2 Å². The number of hydrogen-bond acceptors (Lipinski definition) is 3. The van der Waals surface area contributed by atoms with E-state index in [2.05, 4.69) is 0 Å². The third kappa shape index (κ3) is 4.14. The molecule has 0 N–H and O–H groups in total. The molecule has 1 aromatic rings. The molecule has 0 amide bonds. The molecule has 0 unspecified atom stereocenters. The summed E-state index contributed by atoms with van der Waals surface area (Å²) in [6.45, 7) is 4.72. The molecule has 1 saturated carbocycles. The maximum atomic E-state index is 12.9. The number of nitrogens with zero attached hydrogens (tertiary/aromatic N) is 1. The number of carbonyl (C=O) groups excluding carboxylic acids is 1. The molecule has 0 radical (unpaired) electrons. The summed E-state index contributed by atoms with van der Waals surface area (Å²) in [5, 5.41) is 0. The molecule has 1 aliphatic carbocycles. The molecule has 0 atom stereocenters. The molecule has 1 aromatic carbocycles. The van der Waals surface area contributed by atoms with Crippen LogP contribution in [0, 0.1) is 25.7 Å². The standard InChI is InChI=1S/C20H29NO3S/c1-15-7-8-20(16(2)13-15)25(23,24)21-11-9-18(10-12-21)19(22)14-17-5-3-4-6-17/h7-8,13,17-18H,3-6,9-12,14H2,1-2H3. The molecule has 1 heterocycles. The number of aryl methyl sites for hydroxylation is 2. The summed E-state index contributed by atoms with van der Waals surface area (Å²) in [6, 6.07) is 5.46. The van der Waals surface area contributed by atoms with Gasteiger partial charge in [0.05, 0.1) is 4.90 Å². The zero-order valence-corrected chi connectivity index (χ0v) is 16.1. The Bertz CT molecular complexity index is 727. The lowest BCUT2D eigenvalue weighted by molar-refractivity contribution is -0.124. The number of sulfonamides is 1. The van der Waals surface area contributed by atoms with Crippen LogP contribution in [0.4, 0.5) is 0 Å². The van der Waals surface area contributed by atoms with Crippen LogP contribution in [0.2, 0.25) is 0 Å². The third-order valence-corrected chi connectivity index (χ3v) is 7.88. The lowest BCUT2D eigenvalue weighted by Gasteiger charge is -2.31. The summed E-state index contributed by atoms with van der Waals surface area (Å²) in [6.07, 6.45) is 6.91. The minimum absolute atomic E-state index is 0.0474. The molecule has 0 spiro atoms. The van der Waals surface area contributed by atoms with Crippen LogP contribution in [0.3, 0.4) is 0 Å². The number of carbonyl (C=O) groups is 1. The van der Waals surface area contributed by atoms with E-state index in [1.807, 2.05) is 26.0 Å². The molecule has 25 heavy (non-hydrogen) atoms. The number of benzene rings is 1. The Morgan fingerprint density at radius 1 is 1.08 bits per heavy atom. The van der Waals surface area contributed by atoms with Crippen LogP contribution in [0.5, 0.6) is 0 Å². The van der Waals surface area contributed by atoms with Crippen molar-refractivity contribution in [2.45, 2.75) is 63.7 Å². The SMILES string of the molecule is Cc1ccc(S(=O)(=O)N2CCC(C(=O)CC3CCCC3)CC2)c(C)c1. The van der Waals surface area contributed by atoms with Gasteiger partial charge in [0.25, 0.3) is 0 Å². The lowest BCUT2D eigenvalue weighted by atomic mass is 9.87. The smallest absolute Gasteiger partial charge is 0.243 e. The van der Waals surface area contributed by atoms with Crippen molar-refractivity contribution in [2.24, 2.45) is 11.8 Å². The van der Waals surface area contributed by atoms with Gasteiger partial charge in [-0.25, -0.2) is 8.42 Å². The zero-order valence-electron chi connectivity index (χ0n) is 15.3. The highest BCUT2D eigenvalue weighted by molar-refractivity contribution is 7.89.